The minimum absolute atomic E-state index is 0.0127. The van der Waals surface area contributed by atoms with Crippen LogP contribution in [0.5, 0.6) is 0 Å². The summed E-state index contributed by atoms with van der Waals surface area (Å²) in [5.41, 5.74) is -15.0. The lowest BCUT2D eigenvalue weighted by atomic mass is 9.44. The standard InChI is InChI=1S/2C30H37F3O7/c2*1-15-8-19-20-12-22(32)21-11-18(34)6-7-27(21,2)29(20,33)24(35)13-28(19,3)30(15,25(36)38-14-31)40-26(37)39-23-10-16-4-5-17(23)9-16/h2*6-7,11,15-17,19-20,22-24,35H,4-5,8-10,12-14H2,1-3H3/t15-,16+,17-,19+,20+,22+,23+,24+,27+,28+,29+,30+;15-,16-,17+,19+,20+,22+,23-,24+,27+,28+,29+,30+/m11/s1. The molecule has 440 valence electrons. The van der Waals surface area contributed by atoms with E-state index in [9.17, 15) is 47.8 Å². The quantitative estimate of drug-likeness (QED) is 0.132. The second-order valence-corrected chi connectivity index (χ2v) is 26.9. The van der Waals surface area contributed by atoms with Crippen molar-refractivity contribution in [2.75, 3.05) is 13.7 Å². The van der Waals surface area contributed by atoms with Gasteiger partial charge >= 0.3 is 24.2 Å². The van der Waals surface area contributed by atoms with E-state index in [2.05, 4.69) is 0 Å². The van der Waals surface area contributed by atoms with Crippen molar-refractivity contribution in [3.63, 3.8) is 0 Å². The van der Waals surface area contributed by atoms with Crippen LogP contribution in [0.1, 0.15) is 131 Å². The molecule has 12 aliphatic carbocycles. The van der Waals surface area contributed by atoms with E-state index in [-0.39, 0.29) is 73.7 Å². The number of aliphatic hydroxyl groups is 2. The van der Waals surface area contributed by atoms with Crippen molar-refractivity contribution in [3.8, 4) is 0 Å². The summed E-state index contributed by atoms with van der Waals surface area (Å²) in [4.78, 5) is 77.8. The Labute approximate surface area is 461 Å². The van der Waals surface area contributed by atoms with Gasteiger partial charge in [0.05, 0.1) is 12.2 Å². The minimum atomic E-state index is -2.37. The summed E-state index contributed by atoms with van der Waals surface area (Å²) in [6, 6.07) is 0. The molecule has 0 amide bonds. The molecule has 0 aromatic heterocycles. The molecule has 10 saturated carbocycles. The summed E-state index contributed by atoms with van der Waals surface area (Å²) in [5.74, 6) is -6.93. The Balaban J connectivity index is 0.000000169. The van der Waals surface area contributed by atoms with Crippen LogP contribution in [0, 0.1) is 80.8 Å². The maximum atomic E-state index is 17.5. The summed E-state index contributed by atoms with van der Waals surface area (Å²) < 4.78 is 126. The van der Waals surface area contributed by atoms with Gasteiger partial charge in [-0.2, -0.15) is 0 Å². The molecule has 0 aliphatic heterocycles. The number of halogens is 6. The predicted molar refractivity (Wildman–Crippen MR) is 270 cm³/mol. The molecule has 10 fully saturated rings. The van der Waals surface area contributed by atoms with Crippen molar-refractivity contribution in [2.24, 2.45) is 80.8 Å². The van der Waals surface area contributed by atoms with Crippen LogP contribution in [0.4, 0.5) is 35.9 Å². The smallest absolute Gasteiger partial charge is 0.431 e. The number of esters is 2. The summed E-state index contributed by atoms with van der Waals surface area (Å²) in [6.07, 6.45) is 4.07. The Hall–Kier alpha value is -4.72. The first-order valence-electron chi connectivity index (χ1n) is 28.8. The number of carbonyl (C=O) groups excluding carboxylic acids is 6. The Morgan fingerprint density at radius 2 is 0.938 bits per heavy atom. The van der Waals surface area contributed by atoms with Gasteiger partial charge in [0.1, 0.15) is 24.6 Å². The van der Waals surface area contributed by atoms with E-state index in [1.165, 1.54) is 38.2 Å². The molecule has 14 nitrogen and oxygen atoms in total. The molecule has 4 bridgehead atoms. The van der Waals surface area contributed by atoms with Crippen LogP contribution in [0.2, 0.25) is 0 Å². The van der Waals surface area contributed by atoms with Gasteiger partial charge in [0.25, 0.3) is 0 Å². The van der Waals surface area contributed by atoms with Crippen LogP contribution in [0.15, 0.2) is 47.6 Å². The van der Waals surface area contributed by atoms with Gasteiger partial charge < -0.3 is 38.6 Å². The average Bonchev–Trinajstić information content (AvgIpc) is 4.14. The minimum Gasteiger partial charge on any atom is -0.431 e. The molecule has 0 saturated heterocycles. The van der Waals surface area contributed by atoms with E-state index in [1.807, 2.05) is 0 Å². The zero-order chi connectivity index (χ0) is 57.7. The van der Waals surface area contributed by atoms with E-state index in [0.29, 0.717) is 24.7 Å². The van der Waals surface area contributed by atoms with Crippen LogP contribution in [0.25, 0.3) is 0 Å². The van der Waals surface area contributed by atoms with Gasteiger partial charge in [-0.1, -0.05) is 39.8 Å². The third-order valence-corrected chi connectivity index (χ3v) is 23.6. The molecule has 0 aromatic carbocycles. The lowest BCUT2D eigenvalue weighted by molar-refractivity contribution is -0.235. The fourth-order valence-electron chi connectivity index (χ4n) is 20.0. The van der Waals surface area contributed by atoms with Crippen LogP contribution in [-0.2, 0) is 47.6 Å². The zero-order valence-corrected chi connectivity index (χ0v) is 46.1. The zero-order valence-electron chi connectivity index (χ0n) is 46.1. The molecule has 12 rings (SSSR count). The van der Waals surface area contributed by atoms with Crippen molar-refractivity contribution in [2.45, 2.75) is 191 Å². The van der Waals surface area contributed by atoms with Gasteiger partial charge in [-0.25, -0.2) is 45.5 Å². The highest BCUT2D eigenvalue weighted by molar-refractivity contribution is 6.02. The predicted octanol–water partition coefficient (Wildman–Crippen LogP) is 10.2. The number of hydrogen-bond donors (Lipinski definition) is 2. The van der Waals surface area contributed by atoms with Crippen molar-refractivity contribution >= 4 is 35.8 Å². The monoisotopic (exact) mass is 1130 g/mol. The summed E-state index contributed by atoms with van der Waals surface area (Å²) in [7, 11) is 0. The van der Waals surface area contributed by atoms with Crippen LogP contribution in [0.3, 0.4) is 0 Å². The van der Waals surface area contributed by atoms with Gasteiger partial charge in [-0.15, -0.1) is 0 Å². The molecule has 0 unspecified atom stereocenters. The van der Waals surface area contributed by atoms with Crippen LogP contribution in [-0.4, -0.2) is 119 Å². The van der Waals surface area contributed by atoms with Crippen molar-refractivity contribution < 1.29 is 93.7 Å². The first-order valence-corrected chi connectivity index (χ1v) is 28.8. The number of carbonyl (C=O) groups is 6. The highest BCUT2D eigenvalue weighted by atomic mass is 19.2. The van der Waals surface area contributed by atoms with E-state index >= 15 is 17.6 Å². The molecule has 0 radical (unpaired) electrons. The van der Waals surface area contributed by atoms with Gasteiger partial charge in [-0.3, -0.25) is 9.59 Å². The number of ether oxygens (including phenoxy) is 6. The Morgan fingerprint density at radius 1 is 0.562 bits per heavy atom. The van der Waals surface area contributed by atoms with Gasteiger partial charge in [0.15, 0.2) is 22.9 Å². The number of rotatable bonds is 8. The third kappa shape index (κ3) is 7.68. The number of allylic oxidation sites excluding steroid dienone is 8. The highest BCUT2D eigenvalue weighted by Gasteiger charge is 2.81. The topological polar surface area (TPSA) is 198 Å². The SMILES string of the molecule is C[C@@H]1C[C@H]2[C@@H]3C[C@H](F)C4=CC(=O)C=C[C@]4(C)[C@@]3(F)[C@@H](O)C[C@]2(C)[C@@]1(OC(=O)O[C@@H]1C[C@@H]2CC[C@H]1C2)C(=O)OCF.C[C@@H]1C[C@H]2[C@@H]3C[C@H](F)C4=CC(=O)C=C[C@]4(C)[C@@]3(F)[C@@H](O)C[C@]2(C)[C@@]1(OC(=O)O[C@H]1C[C@H]2CC[C@@H]1C2)C(=O)OCF. The molecule has 0 aromatic rings. The summed E-state index contributed by atoms with van der Waals surface area (Å²) in [5, 5.41) is 23.1. The number of alkyl halides is 6. The molecule has 0 heterocycles. The maximum Gasteiger partial charge on any atom is 0.509 e. The second kappa shape index (κ2) is 19.4. The lowest BCUT2D eigenvalue weighted by Crippen LogP contribution is -2.71. The number of fused-ring (bicyclic) bond motifs is 14. The Morgan fingerprint density at radius 3 is 1.26 bits per heavy atom. The Bertz CT molecular complexity index is 2560. The first kappa shape index (κ1) is 57.1. The second-order valence-electron chi connectivity index (χ2n) is 26.9. The molecule has 24 atom stereocenters. The molecular weight excluding hydrogens is 1060 g/mol. The summed E-state index contributed by atoms with van der Waals surface area (Å²) in [6.45, 7) is 6.54. The van der Waals surface area contributed by atoms with Gasteiger partial charge in [0.2, 0.25) is 24.9 Å². The van der Waals surface area contributed by atoms with Gasteiger partial charge in [-0.05, 0) is 175 Å². The molecule has 20 heteroatoms. The number of aliphatic hydroxyl groups excluding tert-OH is 2. The van der Waals surface area contributed by atoms with Crippen molar-refractivity contribution in [1.29, 1.82) is 0 Å². The fourth-order valence-corrected chi connectivity index (χ4v) is 20.0. The third-order valence-electron chi connectivity index (χ3n) is 23.6. The molecule has 12 aliphatic rings. The van der Waals surface area contributed by atoms with E-state index in [0.717, 1.165) is 50.7 Å². The Kier molecular flexibility index (Phi) is 13.9. The maximum absolute atomic E-state index is 17.5. The fraction of sp³-hybridized carbons (Fsp3) is 0.767. The molecule has 2 N–H and O–H groups in total. The summed E-state index contributed by atoms with van der Waals surface area (Å²) >= 11 is 0. The molecular formula is C60H74F6O14. The highest BCUT2D eigenvalue weighted by Crippen LogP contribution is 2.74. The van der Waals surface area contributed by atoms with Crippen LogP contribution >= 0.6 is 0 Å². The molecule has 80 heavy (non-hydrogen) atoms. The van der Waals surface area contributed by atoms with E-state index in [4.69, 9.17) is 28.4 Å². The van der Waals surface area contributed by atoms with Crippen molar-refractivity contribution in [1.82, 2.24) is 0 Å². The average molecular weight is 1130 g/mol. The lowest BCUT2D eigenvalue weighted by Gasteiger charge is -2.62. The largest absolute Gasteiger partial charge is 0.509 e. The first-order chi connectivity index (χ1) is 37.6. The van der Waals surface area contributed by atoms with E-state index in [1.54, 1.807) is 27.7 Å². The number of hydrogen-bond acceptors (Lipinski definition) is 14. The van der Waals surface area contributed by atoms with Crippen molar-refractivity contribution in [3.05, 3.63) is 47.6 Å². The molecule has 0 spiro atoms. The normalized spacial score (nSPS) is 50.5. The number of ketones is 2. The van der Waals surface area contributed by atoms with Gasteiger partial charge in [0, 0.05) is 45.3 Å². The van der Waals surface area contributed by atoms with E-state index < -0.39 is 154 Å². The van der Waals surface area contributed by atoms with Crippen LogP contribution < -0.4 is 0 Å².